The zero-order valence-electron chi connectivity index (χ0n) is 17.9. The van der Waals surface area contributed by atoms with E-state index in [-0.39, 0.29) is 11.0 Å². The smallest absolute Gasteiger partial charge is 0.293 e. The Kier molecular flexibility index (Phi) is 5.01. The second kappa shape index (κ2) is 7.72. The molecule has 5 aromatic rings. The fraction of sp³-hybridized carbons (Fsp3) is 0.120. The van der Waals surface area contributed by atoms with Crippen molar-refractivity contribution in [1.82, 2.24) is 14.6 Å². The number of aromatic nitrogens is 3. The second-order valence-electron chi connectivity index (χ2n) is 8.07. The van der Waals surface area contributed by atoms with E-state index in [0.29, 0.717) is 33.5 Å². The molecule has 0 atom stereocenters. The van der Waals surface area contributed by atoms with Gasteiger partial charge in [-0.1, -0.05) is 30.3 Å². The van der Waals surface area contributed by atoms with Crippen molar-refractivity contribution in [3.63, 3.8) is 0 Å². The van der Waals surface area contributed by atoms with Crippen LogP contribution in [-0.4, -0.2) is 14.6 Å². The highest BCUT2D eigenvalue weighted by Crippen LogP contribution is 2.34. The van der Waals surface area contributed by atoms with Crippen LogP contribution >= 0.6 is 0 Å². The lowest BCUT2D eigenvalue weighted by atomic mass is 10.0. The molecular weight excluding hydrogens is 472 g/mol. The monoisotopic (exact) mass is 487 g/mol. The molecular formula is C25H15F6N3O. The number of fused-ring (bicyclic) bond motifs is 2. The Hall–Kier alpha value is -4.08. The molecule has 0 saturated heterocycles. The van der Waals surface area contributed by atoms with Crippen molar-refractivity contribution in [3.05, 3.63) is 93.9 Å². The quantitative estimate of drug-likeness (QED) is 0.277. The van der Waals surface area contributed by atoms with Gasteiger partial charge in [0.1, 0.15) is 0 Å². The molecule has 0 amide bonds. The van der Waals surface area contributed by atoms with Crippen LogP contribution in [-0.2, 0) is 12.4 Å². The first-order valence-corrected chi connectivity index (χ1v) is 10.3. The van der Waals surface area contributed by atoms with Gasteiger partial charge in [0.2, 0.25) is 0 Å². The van der Waals surface area contributed by atoms with Crippen LogP contribution in [0.3, 0.4) is 0 Å². The number of benzene rings is 3. The van der Waals surface area contributed by atoms with Crippen molar-refractivity contribution in [2.75, 3.05) is 0 Å². The zero-order chi connectivity index (χ0) is 25.1. The predicted molar refractivity (Wildman–Crippen MR) is 119 cm³/mol. The normalized spacial score (nSPS) is 12.5. The number of aromatic amines is 1. The molecule has 1 N–H and O–H groups in total. The minimum atomic E-state index is -4.48. The van der Waals surface area contributed by atoms with Crippen molar-refractivity contribution in [1.29, 1.82) is 0 Å². The average molecular weight is 487 g/mol. The maximum atomic E-state index is 13.1. The SMILES string of the molecule is Cc1[nH]n2c(=O)c3ccc(-c4ccc(C(F)(F)F)cc4)cc3nc2c1-c1ccc(C(F)(F)F)cc1. The van der Waals surface area contributed by atoms with E-state index in [4.69, 9.17) is 0 Å². The van der Waals surface area contributed by atoms with E-state index in [9.17, 15) is 31.1 Å². The summed E-state index contributed by atoms with van der Waals surface area (Å²) in [5.41, 5.74) is 1.07. The van der Waals surface area contributed by atoms with E-state index < -0.39 is 29.0 Å². The molecule has 2 heterocycles. The minimum Gasteiger partial charge on any atom is -0.293 e. The third-order valence-corrected chi connectivity index (χ3v) is 5.79. The van der Waals surface area contributed by atoms with Crippen LogP contribution in [0, 0.1) is 6.92 Å². The first-order chi connectivity index (χ1) is 16.4. The Balaban J connectivity index is 1.65. The first kappa shape index (κ1) is 22.7. The number of hydrogen-bond donors (Lipinski definition) is 1. The van der Waals surface area contributed by atoms with Gasteiger partial charge in [-0.15, -0.1) is 0 Å². The van der Waals surface area contributed by atoms with Crippen molar-refractivity contribution in [2.45, 2.75) is 19.3 Å². The summed E-state index contributed by atoms with van der Waals surface area (Å²) in [6.07, 6.45) is -8.93. The molecule has 0 fully saturated rings. The van der Waals surface area contributed by atoms with Crippen LogP contribution in [0.25, 0.3) is 38.8 Å². The van der Waals surface area contributed by atoms with E-state index in [2.05, 4.69) is 10.1 Å². The van der Waals surface area contributed by atoms with Crippen molar-refractivity contribution in [2.24, 2.45) is 0 Å². The first-order valence-electron chi connectivity index (χ1n) is 10.3. The number of rotatable bonds is 2. The Bertz CT molecular complexity index is 1630. The molecule has 3 aromatic carbocycles. The lowest BCUT2D eigenvalue weighted by molar-refractivity contribution is -0.138. The minimum absolute atomic E-state index is 0.226. The van der Waals surface area contributed by atoms with E-state index >= 15 is 0 Å². The maximum absolute atomic E-state index is 13.1. The molecule has 0 bridgehead atoms. The van der Waals surface area contributed by atoms with E-state index in [0.717, 1.165) is 24.3 Å². The van der Waals surface area contributed by atoms with Gasteiger partial charge in [-0.05, 0) is 60.0 Å². The van der Waals surface area contributed by atoms with E-state index in [1.54, 1.807) is 19.1 Å². The van der Waals surface area contributed by atoms with Gasteiger partial charge in [0.05, 0.1) is 22.0 Å². The molecule has 178 valence electrons. The maximum Gasteiger partial charge on any atom is 0.416 e. The van der Waals surface area contributed by atoms with E-state index in [1.165, 1.54) is 34.8 Å². The number of H-pyrrole nitrogens is 1. The summed E-state index contributed by atoms with van der Waals surface area (Å²) in [5.74, 6) is 0. The van der Waals surface area contributed by atoms with Crippen LogP contribution in [0.5, 0.6) is 0 Å². The Labute approximate surface area is 193 Å². The fourth-order valence-corrected chi connectivity index (χ4v) is 4.05. The van der Waals surface area contributed by atoms with Gasteiger partial charge in [0.15, 0.2) is 5.65 Å². The number of nitrogens with zero attached hydrogens (tertiary/aromatic N) is 2. The third kappa shape index (κ3) is 3.94. The van der Waals surface area contributed by atoms with E-state index in [1.807, 2.05) is 0 Å². The van der Waals surface area contributed by atoms with Gasteiger partial charge >= 0.3 is 12.4 Å². The molecule has 10 heteroatoms. The van der Waals surface area contributed by atoms with Gasteiger partial charge < -0.3 is 0 Å². The summed E-state index contributed by atoms with van der Waals surface area (Å²) < 4.78 is 78.7. The topological polar surface area (TPSA) is 50.2 Å². The van der Waals surface area contributed by atoms with Crippen molar-refractivity contribution in [3.8, 4) is 22.3 Å². The average Bonchev–Trinajstić information content (AvgIpc) is 3.14. The number of halogens is 6. The lowest BCUT2D eigenvalue weighted by Gasteiger charge is -2.09. The molecule has 5 rings (SSSR count). The van der Waals surface area contributed by atoms with Gasteiger partial charge in [-0.3, -0.25) is 9.89 Å². The molecule has 35 heavy (non-hydrogen) atoms. The van der Waals surface area contributed by atoms with Crippen LogP contribution in [0.4, 0.5) is 26.3 Å². The summed E-state index contributed by atoms with van der Waals surface area (Å²) in [5, 5.41) is 3.19. The summed E-state index contributed by atoms with van der Waals surface area (Å²) in [6, 6.07) is 13.9. The molecule has 0 unspecified atom stereocenters. The molecule has 4 nitrogen and oxygen atoms in total. The molecule has 0 aliphatic carbocycles. The third-order valence-electron chi connectivity index (χ3n) is 5.79. The van der Waals surface area contributed by atoms with Crippen molar-refractivity contribution >= 4 is 16.6 Å². The fourth-order valence-electron chi connectivity index (χ4n) is 4.05. The molecule has 0 radical (unpaired) electrons. The molecule has 0 aliphatic rings. The molecule has 0 saturated carbocycles. The summed E-state index contributed by atoms with van der Waals surface area (Å²) in [4.78, 5) is 17.7. The molecule has 0 spiro atoms. The van der Waals surface area contributed by atoms with Crippen molar-refractivity contribution < 1.29 is 26.3 Å². The summed E-state index contributed by atoms with van der Waals surface area (Å²) >= 11 is 0. The Morgan fingerprint density at radius 3 is 1.80 bits per heavy atom. The number of hydrogen-bond acceptors (Lipinski definition) is 2. The highest BCUT2D eigenvalue weighted by molar-refractivity contribution is 5.88. The summed E-state index contributed by atoms with van der Waals surface area (Å²) in [6.45, 7) is 1.68. The van der Waals surface area contributed by atoms with Crippen LogP contribution in [0.2, 0.25) is 0 Å². The lowest BCUT2D eigenvalue weighted by Crippen LogP contribution is -2.15. The number of aryl methyl sites for hydroxylation is 1. The van der Waals surface area contributed by atoms with Gasteiger partial charge in [-0.2, -0.15) is 26.3 Å². The highest BCUT2D eigenvalue weighted by atomic mass is 19.4. The predicted octanol–water partition coefficient (Wildman–Crippen LogP) is 6.86. The number of nitrogens with one attached hydrogen (secondary N) is 1. The Morgan fingerprint density at radius 2 is 1.26 bits per heavy atom. The van der Waals surface area contributed by atoms with Crippen LogP contribution < -0.4 is 5.56 Å². The number of alkyl halides is 6. The second-order valence-corrected chi connectivity index (χ2v) is 8.07. The van der Waals surface area contributed by atoms with Gasteiger partial charge in [0, 0.05) is 11.3 Å². The molecule has 0 aliphatic heterocycles. The van der Waals surface area contributed by atoms with Gasteiger partial charge in [0.25, 0.3) is 5.56 Å². The largest absolute Gasteiger partial charge is 0.416 e. The Morgan fingerprint density at radius 1 is 0.743 bits per heavy atom. The van der Waals surface area contributed by atoms with Crippen LogP contribution in [0.15, 0.2) is 71.5 Å². The highest BCUT2D eigenvalue weighted by Gasteiger charge is 2.31. The van der Waals surface area contributed by atoms with Gasteiger partial charge in [-0.25, -0.2) is 9.50 Å². The zero-order valence-corrected chi connectivity index (χ0v) is 17.9. The van der Waals surface area contributed by atoms with Crippen LogP contribution in [0.1, 0.15) is 16.8 Å². The standard InChI is InChI=1S/C25H15F6N3O/c1-13-21(15-4-9-18(10-5-15)25(29,30)31)22-32-20-12-16(6-11-19(20)23(35)34(22)33-13)14-2-7-17(8-3-14)24(26,27)28/h2-12,33H,1H3. The molecule has 2 aromatic heterocycles. The summed E-state index contributed by atoms with van der Waals surface area (Å²) in [7, 11) is 0.